The third kappa shape index (κ3) is 3.50. The molecule has 1 aliphatic rings. The van der Waals surface area contributed by atoms with Crippen LogP contribution in [0.4, 0.5) is 5.69 Å². The molecule has 0 spiro atoms. The molecule has 0 radical (unpaired) electrons. The SMILES string of the molecule is NC(=O)c1cccc(N2CCC(n3cc(-c4cnc5ccccc5n4)cn3)CC2)c1. The fraction of sp³-hybridized carbons (Fsp3) is 0.217. The van der Waals surface area contributed by atoms with Gasteiger partial charge in [-0.25, -0.2) is 4.98 Å². The van der Waals surface area contributed by atoms with Crippen LogP contribution in [0, 0.1) is 0 Å². The molecule has 0 unspecified atom stereocenters. The van der Waals surface area contributed by atoms with Gasteiger partial charge in [-0.05, 0) is 43.2 Å². The summed E-state index contributed by atoms with van der Waals surface area (Å²) in [6, 6.07) is 15.7. The van der Waals surface area contributed by atoms with Crippen LogP contribution in [0.3, 0.4) is 0 Å². The van der Waals surface area contributed by atoms with Gasteiger partial charge in [-0.3, -0.25) is 14.5 Å². The molecule has 1 amide bonds. The highest BCUT2D eigenvalue weighted by molar-refractivity contribution is 5.93. The van der Waals surface area contributed by atoms with Crippen molar-refractivity contribution in [3.63, 3.8) is 0 Å². The molecule has 2 aromatic carbocycles. The van der Waals surface area contributed by atoms with E-state index in [0.717, 1.165) is 53.9 Å². The number of carbonyl (C=O) groups excluding carboxylic acids is 1. The van der Waals surface area contributed by atoms with E-state index in [1.807, 2.05) is 53.3 Å². The van der Waals surface area contributed by atoms with Gasteiger partial charge in [0.1, 0.15) is 0 Å². The van der Waals surface area contributed by atoms with Gasteiger partial charge < -0.3 is 10.6 Å². The van der Waals surface area contributed by atoms with E-state index in [1.54, 1.807) is 12.3 Å². The van der Waals surface area contributed by atoms with Crippen molar-refractivity contribution in [2.45, 2.75) is 18.9 Å². The molecule has 2 N–H and O–H groups in total. The summed E-state index contributed by atoms with van der Waals surface area (Å²) in [6.45, 7) is 1.80. The van der Waals surface area contributed by atoms with Gasteiger partial charge in [-0.2, -0.15) is 5.10 Å². The van der Waals surface area contributed by atoms with Crippen LogP contribution in [-0.4, -0.2) is 38.7 Å². The number of nitrogens with zero attached hydrogens (tertiary/aromatic N) is 5. The lowest BCUT2D eigenvalue weighted by molar-refractivity contribution is 0.100. The van der Waals surface area contributed by atoms with Gasteiger partial charge in [-0.1, -0.05) is 18.2 Å². The Morgan fingerprint density at radius 3 is 2.60 bits per heavy atom. The van der Waals surface area contributed by atoms with Crippen molar-refractivity contribution in [3.05, 3.63) is 72.7 Å². The van der Waals surface area contributed by atoms with E-state index < -0.39 is 5.91 Å². The number of aromatic nitrogens is 4. The number of piperidine rings is 1. The van der Waals surface area contributed by atoms with E-state index in [4.69, 9.17) is 10.7 Å². The summed E-state index contributed by atoms with van der Waals surface area (Å²) >= 11 is 0. The topological polar surface area (TPSA) is 89.9 Å². The second-order valence-corrected chi connectivity index (χ2v) is 7.59. The first-order chi connectivity index (χ1) is 14.7. The van der Waals surface area contributed by atoms with E-state index in [0.29, 0.717) is 11.6 Å². The van der Waals surface area contributed by atoms with Gasteiger partial charge in [0.15, 0.2) is 0 Å². The fourth-order valence-corrected chi connectivity index (χ4v) is 4.01. The van der Waals surface area contributed by atoms with Gasteiger partial charge in [-0.15, -0.1) is 0 Å². The summed E-state index contributed by atoms with van der Waals surface area (Å²) in [7, 11) is 0. The van der Waals surface area contributed by atoms with Crippen LogP contribution in [0.2, 0.25) is 0 Å². The second-order valence-electron chi connectivity index (χ2n) is 7.59. The lowest BCUT2D eigenvalue weighted by Gasteiger charge is -2.33. The molecule has 7 nitrogen and oxygen atoms in total. The molecule has 7 heteroatoms. The maximum absolute atomic E-state index is 11.4. The number of hydrogen-bond acceptors (Lipinski definition) is 5. The number of nitrogens with two attached hydrogens (primary N) is 1. The van der Waals surface area contributed by atoms with Crippen molar-refractivity contribution in [2.75, 3.05) is 18.0 Å². The summed E-state index contributed by atoms with van der Waals surface area (Å²) in [6.07, 6.45) is 7.68. The molecule has 4 aromatic rings. The summed E-state index contributed by atoms with van der Waals surface area (Å²) in [5, 5.41) is 4.60. The molecule has 150 valence electrons. The molecule has 3 heterocycles. The summed E-state index contributed by atoms with van der Waals surface area (Å²) in [4.78, 5) is 23.0. The molecule has 1 aliphatic heterocycles. The average Bonchev–Trinajstić information content (AvgIpc) is 3.29. The van der Waals surface area contributed by atoms with Crippen LogP contribution in [0.15, 0.2) is 67.1 Å². The predicted octanol–water partition coefficient (Wildman–Crippen LogP) is 3.43. The number of anilines is 1. The molecule has 5 rings (SSSR count). The lowest BCUT2D eigenvalue weighted by atomic mass is 10.0. The quantitative estimate of drug-likeness (QED) is 0.569. The molecule has 0 saturated carbocycles. The minimum atomic E-state index is -0.396. The van der Waals surface area contributed by atoms with Crippen molar-refractivity contribution in [2.24, 2.45) is 5.73 Å². The van der Waals surface area contributed by atoms with E-state index in [-0.39, 0.29) is 0 Å². The maximum Gasteiger partial charge on any atom is 0.248 e. The summed E-state index contributed by atoms with van der Waals surface area (Å²) in [5.74, 6) is -0.396. The number of fused-ring (bicyclic) bond motifs is 1. The Kier molecular flexibility index (Phi) is 4.63. The lowest BCUT2D eigenvalue weighted by Crippen LogP contribution is -2.34. The first-order valence-corrected chi connectivity index (χ1v) is 10.1. The van der Waals surface area contributed by atoms with Crippen LogP contribution in [0.1, 0.15) is 29.2 Å². The van der Waals surface area contributed by atoms with Crippen LogP contribution < -0.4 is 10.6 Å². The van der Waals surface area contributed by atoms with Crippen molar-refractivity contribution >= 4 is 22.6 Å². The summed E-state index contributed by atoms with van der Waals surface area (Å²) < 4.78 is 2.05. The van der Waals surface area contributed by atoms with E-state index >= 15 is 0 Å². The molecule has 0 atom stereocenters. The minimum absolute atomic E-state index is 0.336. The number of benzene rings is 2. The van der Waals surface area contributed by atoms with Gasteiger partial charge in [0.05, 0.1) is 35.2 Å². The largest absolute Gasteiger partial charge is 0.371 e. The van der Waals surface area contributed by atoms with E-state index in [2.05, 4.69) is 21.2 Å². The molecule has 30 heavy (non-hydrogen) atoms. The smallest absolute Gasteiger partial charge is 0.248 e. The third-order valence-corrected chi connectivity index (χ3v) is 5.68. The molecule has 1 fully saturated rings. The Morgan fingerprint density at radius 2 is 1.80 bits per heavy atom. The van der Waals surface area contributed by atoms with E-state index in [9.17, 15) is 4.79 Å². The zero-order valence-corrected chi connectivity index (χ0v) is 16.5. The number of para-hydroxylation sites is 2. The molecule has 0 aliphatic carbocycles. The van der Waals surface area contributed by atoms with Gasteiger partial charge in [0, 0.05) is 36.1 Å². The molecular weight excluding hydrogens is 376 g/mol. The van der Waals surface area contributed by atoms with Gasteiger partial charge in [0.2, 0.25) is 5.91 Å². The van der Waals surface area contributed by atoms with Crippen molar-refractivity contribution in [3.8, 4) is 11.3 Å². The van der Waals surface area contributed by atoms with E-state index in [1.165, 1.54) is 0 Å². The Balaban J connectivity index is 1.29. The highest BCUT2D eigenvalue weighted by Crippen LogP contribution is 2.28. The highest BCUT2D eigenvalue weighted by Gasteiger charge is 2.22. The van der Waals surface area contributed by atoms with Crippen molar-refractivity contribution in [1.82, 2.24) is 19.7 Å². The van der Waals surface area contributed by atoms with Crippen LogP contribution in [-0.2, 0) is 0 Å². The predicted molar refractivity (Wildman–Crippen MR) is 116 cm³/mol. The maximum atomic E-state index is 11.4. The first-order valence-electron chi connectivity index (χ1n) is 10.1. The summed E-state index contributed by atoms with van der Waals surface area (Å²) in [5.41, 5.74) is 10.6. The van der Waals surface area contributed by atoms with Gasteiger partial charge >= 0.3 is 0 Å². The molecule has 2 aromatic heterocycles. The standard InChI is InChI=1S/C23H22N6O/c24-23(30)16-4-3-5-19(12-16)28-10-8-18(9-11-28)29-15-17(13-26-29)22-14-25-20-6-1-2-7-21(20)27-22/h1-7,12-15,18H,8-11H2,(H2,24,30). The first kappa shape index (κ1) is 18.3. The molecular formula is C23H22N6O. The Morgan fingerprint density at radius 1 is 1.00 bits per heavy atom. The number of primary amides is 1. The van der Waals surface area contributed by atoms with Crippen molar-refractivity contribution < 1.29 is 4.79 Å². The zero-order valence-electron chi connectivity index (χ0n) is 16.5. The number of rotatable bonds is 4. The number of hydrogen-bond donors (Lipinski definition) is 1. The van der Waals surface area contributed by atoms with Crippen LogP contribution in [0.25, 0.3) is 22.3 Å². The monoisotopic (exact) mass is 398 g/mol. The molecule has 1 saturated heterocycles. The average molecular weight is 398 g/mol. The molecule has 0 bridgehead atoms. The van der Waals surface area contributed by atoms with Crippen LogP contribution >= 0.6 is 0 Å². The Bertz CT molecular complexity index is 1210. The zero-order chi connectivity index (χ0) is 20.5. The second kappa shape index (κ2) is 7.59. The normalized spacial score (nSPS) is 14.9. The third-order valence-electron chi connectivity index (χ3n) is 5.68. The minimum Gasteiger partial charge on any atom is -0.371 e. The highest BCUT2D eigenvalue weighted by atomic mass is 16.1. The number of amides is 1. The van der Waals surface area contributed by atoms with Crippen LogP contribution in [0.5, 0.6) is 0 Å². The Hall–Kier alpha value is -3.74. The fourth-order valence-electron chi connectivity index (χ4n) is 4.01. The number of carbonyl (C=O) groups is 1. The van der Waals surface area contributed by atoms with Crippen molar-refractivity contribution in [1.29, 1.82) is 0 Å². The Labute approximate surface area is 174 Å². The van der Waals surface area contributed by atoms with Gasteiger partial charge in [0.25, 0.3) is 0 Å².